The van der Waals surface area contributed by atoms with Crippen LogP contribution in [0, 0.1) is 5.41 Å². The van der Waals surface area contributed by atoms with Gasteiger partial charge in [0.25, 0.3) is 0 Å². The van der Waals surface area contributed by atoms with Crippen molar-refractivity contribution < 1.29 is 9.53 Å². The summed E-state index contributed by atoms with van der Waals surface area (Å²) in [4.78, 5) is 17.7. The van der Waals surface area contributed by atoms with Crippen molar-refractivity contribution in [2.24, 2.45) is 5.41 Å². The van der Waals surface area contributed by atoms with Crippen LogP contribution >= 0.6 is 0 Å². The van der Waals surface area contributed by atoms with E-state index in [2.05, 4.69) is 51.3 Å². The molecule has 0 aromatic carbocycles. The summed E-state index contributed by atoms with van der Waals surface area (Å²) in [5.41, 5.74) is -0.341. The highest BCUT2D eigenvalue weighted by Crippen LogP contribution is 2.31. The molecule has 25 heavy (non-hydrogen) atoms. The molecule has 0 saturated carbocycles. The lowest BCUT2D eigenvalue weighted by atomic mass is 9.82. The van der Waals surface area contributed by atoms with Crippen molar-refractivity contribution in [1.29, 1.82) is 0 Å². The van der Waals surface area contributed by atoms with Gasteiger partial charge in [-0.15, -0.1) is 0 Å². The molecular weight excluding hydrogens is 312 g/mol. The van der Waals surface area contributed by atoms with Crippen LogP contribution in [0.3, 0.4) is 0 Å². The van der Waals surface area contributed by atoms with Crippen LogP contribution < -0.4 is 0 Å². The van der Waals surface area contributed by atoms with Crippen LogP contribution in [-0.4, -0.2) is 60.6 Å². The molecule has 0 bridgehead atoms. The van der Waals surface area contributed by atoms with Gasteiger partial charge >= 0.3 is 0 Å². The summed E-state index contributed by atoms with van der Waals surface area (Å²) in [6.45, 7) is 18.7. The molecule has 1 amide bonds. The average molecular weight is 355 g/mol. The van der Waals surface area contributed by atoms with Gasteiger partial charge < -0.3 is 9.64 Å². The van der Waals surface area contributed by atoms with E-state index >= 15 is 0 Å². The van der Waals surface area contributed by atoms with E-state index in [-0.39, 0.29) is 11.0 Å². The first-order chi connectivity index (χ1) is 11.8. The molecule has 0 aliphatic carbocycles. The fourth-order valence-corrected chi connectivity index (χ4v) is 3.71. The van der Waals surface area contributed by atoms with Crippen LogP contribution in [0.1, 0.15) is 80.1 Å². The lowest BCUT2D eigenvalue weighted by molar-refractivity contribution is -0.145. The van der Waals surface area contributed by atoms with Crippen molar-refractivity contribution in [3.8, 4) is 0 Å². The Morgan fingerprint density at radius 1 is 0.920 bits per heavy atom. The lowest BCUT2D eigenvalue weighted by Gasteiger charge is -2.40. The number of nitrogens with zero attached hydrogens (tertiary/aromatic N) is 2. The van der Waals surface area contributed by atoms with E-state index < -0.39 is 0 Å². The Balaban J connectivity index is 2.55. The third kappa shape index (κ3) is 6.56. The number of ether oxygens (including phenoxy) is 1. The zero-order valence-corrected chi connectivity index (χ0v) is 17.7. The number of rotatable bonds is 11. The van der Waals surface area contributed by atoms with Gasteiger partial charge in [0.05, 0.1) is 5.60 Å². The maximum atomic E-state index is 13.1. The summed E-state index contributed by atoms with van der Waals surface area (Å²) in [6, 6.07) is 0. The fraction of sp³-hybridized carbons (Fsp3) is 0.952. The quantitative estimate of drug-likeness (QED) is 0.553. The molecule has 2 atom stereocenters. The average Bonchev–Trinajstić information content (AvgIpc) is 2.62. The monoisotopic (exact) mass is 354 g/mol. The van der Waals surface area contributed by atoms with Gasteiger partial charge in [-0.05, 0) is 45.6 Å². The molecule has 0 radical (unpaired) electrons. The minimum Gasteiger partial charge on any atom is -0.375 e. The molecule has 1 aliphatic heterocycles. The molecule has 2 unspecified atom stereocenters. The second-order valence-electron chi connectivity index (χ2n) is 8.20. The molecule has 0 aromatic rings. The van der Waals surface area contributed by atoms with Crippen LogP contribution in [0.25, 0.3) is 0 Å². The van der Waals surface area contributed by atoms with Gasteiger partial charge in [0.1, 0.15) is 0 Å². The van der Waals surface area contributed by atoms with Gasteiger partial charge in [-0.3, -0.25) is 9.69 Å². The highest BCUT2D eigenvalue weighted by molar-refractivity contribution is 5.82. The Labute approximate surface area is 156 Å². The predicted molar refractivity (Wildman–Crippen MR) is 106 cm³/mol. The summed E-state index contributed by atoms with van der Waals surface area (Å²) < 4.78 is 6.22. The van der Waals surface area contributed by atoms with Gasteiger partial charge in [0.15, 0.2) is 0 Å². The number of hydrogen-bond donors (Lipinski definition) is 0. The molecule has 148 valence electrons. The van der Waals surface area contributed by atoms with E-state index in [1.54, 1.807) is 0 Å². The van der Waals surface area contributed by atoms with E-state index in [0.29, 0.717) is 12.5 Å². The molecule has 1 fully saturated rings. The van der Waals surface area contributed by atoms with Gasteiger partial charge in [-0.25, -0.2) is 0 Å². The molecule has 0 N–H and O–H groups in total. The minimum absolute atomic E-state index is 0.0434. The summed E-state index contributed by atoms with van der Waals surface area (Å²) in [5.74, 6) is 0.323. The van der Waals surface area contributed by atoms with E-state index in [9.17, 15) is 4.79 Å². The molecule has 4 heteroatoms. The first-order valence-electron chi connectivity index (χ1n) is 10.5. The smallest absolute Gasteiger partial charge is 0.228 e. The third-order valence-electron chi connectivity index (χ3n) is 6.13. The zero-order chi connectivity index (χ0) is 18.9. The highest BCUT2D eigenvalue weighted by Gasteiger charge is 2.36. The Bertz CT molecular complexity index is 393. The minimum atomic E-state index is -0.298. The van der Waals surface area contributed by atoms with Gasteiger partial charge in [0.2, 0.25) is 5.91 Å². The molecule has 1 heterocycles. The van der Waals surface area contributed by atoms with Gasteiger partial charge in [-0.1, -0.05) is 41.0 Å². The number of hydrogen-bond acceptors (Lipinski definition) is 3. The zero-order valence-electron chi connectivity index (χ0n) is 17.7. The van der Waals surface area contributed by atoms with Crippen molar-refractivity contribution >= 4 is 5.91 Å². The molecule has 1 saturated heterocycles. The van der Waals surface area contributed by atoms with E-state index in [1.165, 1.54) is 6.42 Å². The first-order valence-corrected chi connectivity index (χ1v) is 10.5. The van der Waals surface area contributed by atoms with Gasteiger partial charge in [-0.2, -0.15) is 0 Å². The first kappa shape index (κ1) is 22.4. The van der Waals surface area contributed by atoms with E-state index in [0.717, 1.165) is 64.8 Å². The standard InChI is InChI=1S/C21H42N2O2/c1-7-11-21(6,10-4)25-18-12-20(5,9-3)19(24)23-16-14-22(13-8-2)15-17-23/h7-18H2,1-6H3. The highest BCUT2D eigenvalue weighted by atomic mass is 16.5. The van der Waals surface area contributed by atoms with E-state index in [4.69, 9.17) is 4.74 Å². The van der Waals surface area contributed by atoms with Crippen LogP contribution in [0.2, 0.25) is 0 Å². The Kier molecular flexibility index (Phi) is 9.44. The predicted octanol–water partition coefficient (Wildman–Crippen LogP) is 4.33. The maximum Gasteiger partial charge on any atom is 0.228 e. The second kappa shape index (κ2) is 10.5. The number of piperazine rings is 1. The molecule has 1 rings (SSSR count). The van der Waals surface area contributed by atoms with Crippen LogP contribution in [0.15, 0.2) is 0 Å². The summed E-state index contributed by atoms with van der Waals surface area (Å²) in [7, 11) is 0. The molecule has 0 spiro atoms. The normalized spacial score (nSPS) is 21.0. The second-order valence-corrected chi connectivity index (χ2v) is 8.20. The number of carbonyl (C=O) groups excluding carboxylic acids is 1. The van der Waals surface area contributed by atoms with Crippen molar-refractivity contribution in [2.75, 3.05) is 39.3 Å². The molecule has 0 aromatic heterocycles. The largest absolute Gasteiger partial charge is 0.375 e. The fourth-order valence-electron chi connectivity index (χ4n) is 3.71. The number of amides is 1. The van der Waals surface area contributed by atoms with E-state index in [1.807, 2.05) is 0 Å². The summed E-state index contributed by atoms with van der Waals surface area (Å²) in [5, 5.41) is 0. The Hall–Kier alpha value is -0.610. The van der Waals surface area contributed by atoms with Crippen LogP contribution in [0.5, 0.6) is 0 Å². The topological polar surface area (TPSA) is 32.8 Å². The lowest BCUT2D eigenvalue weighted by Crippen LogP contribution is -2.52. The number of carbonyl (C=O) groups is 1. The van der Waals surface area contributed by atoms with Crippen LogP contribution in [-0.2, 0) is 9.53 Å². The van der Waals surface area contributed by atoms with Crippen molar-refractivity contribution in [3.05, 3.63) is 0 Å². The van der Waals surface area contributed by atoms with Gasteiger partial charge in [0, 0.05) is 38.2 Å². The summed E-state index contributed by atoms with van der Waals surface area (Å²) >= 11 is 0. The molecule has 1 aliphatic rings. The van der Waals surface area contributed by atoms with Crippen LogP contribution in [0.4, 0.5) is 0 Å². The summed E-state index contributed by atoms with van der Waals surface area (Å²) in [6.07, 6.45) is 6.12. The Morgan fingerprint density at radius 3 is 2.04 bits per heavy atom. The van der Waals surface area contributed by atoms with Crippen molar-refractivity contribution in [1.82, 2.24) is 9.80 Å². The van der Waals surface area contributed by atoms with Crippen molar-refractivity contribution in [3.63, 3.8) is 0 Å². The molecule has 4 nitrogen and oxygen atoms in total. The maximum absolute atomic E-state index is 13.1. The SMILES string of the molecule is CCCN1CCN(C(=O)C(C)(CC)CCOC(C)(CC)CCC)CC1. The third-order valence-corrected chi connectivity index (χ3v) is 6.13. The molecular formula is C21H42N2O2. The Morgan fingerprint density at radius 2 is 1.56 bits per heavy atom. The van der Waals surface area contributed by atoms with Crippen molar-refractivity contribution in [2.45, 2.75) is 85.7 Å².